The maximum atomic E-state index is 12.0. The van der Waals surface area contributed by atoms with Crippen LogP contribution in [0.4, 0.5) is 0 Å². The minimum Gasteiger partial charge on any atom is -0.348 e. The molecular formula is C23H38N2OS. The smallest absolute Gasteiger partial charge is 0.226 e. The molecule has 0 heterocycles. The van der Waals surface area contributed by atoms with Gasteiger partial charge < -0.3 is 10.2 Å². The van der Waals surface area contributed by atoms with E-state index in [-0.39, 0.29) is 5.91 Å². The molecule has 0 aromatic heterocycles. The average Bonchev–Trinajstić information content (AvgIpc) is 2.66. The van der Waals surface area contributed by atoms with Crippen molar-refractivity contribution in [1.29, 1.82) is 0 Å². The number of nitrogens with one attached hydrogen (secondary N) is 1. The largest absolute Gasteiger partial charge is 0.348 e. The van der Waals surface area contributed by atoms with Gasteiger partial charge in [0.15, 0.2) is 5.11 Å². The first-order chi connectivity index (χ1) is 13.1. The summed E-state index contributed by atoms with van der Waals surface area (Å²) in [7, 11) is 1.91. The summed E-state index contributed by atoms with van der Waals surface area (Å²) in [5, 5.41) is 3.36. The molecule has 152 valence electrons. The van der Waals surface area contributed by atoms with E-state index in [0.29, 0.717) is 18.1 Å². The molecule has 0 radical (unpaired) electrons. The molecule has 0 aliphatic rings. The van der Waals surface area contributed by atoms with Crippen LogP contribution in [0.1, 0.15) is 89.5 Å². The van der Waals surface area contributed by atoms with Gasteiger partial charge in [0.25, 0.3) is 0 Å². The zero-order chi connectivity index (χ0) is 19.7. The molecule has 1 rings (SSSR count). The van der Waals surface area contributed by atoms with Gasteiger partial charge in [-0.25, -0.2) is 0 Å². The van der Waals surface area contributed by atoms with Crippen molar-refractivity contribution in [3.63, 3.8) is 0 Å². The zero-order valence-electron chi connectivity index (χ0n) is 17.3. The lowest BCUT2D eigenvalue weighted by atomic mass is 10.1. The third kappa shape index (κ3) is 12.6. The first-order valence-corrected chi connectivity index (χ1v) is 11.1. The number of nitrogens with zero attached hydrogens (tertiary/aromatic N) is 1. The van der Waals surface area contributed by atoms with Crippen molar-refractivity contribution < 1.29 is 4.79 Å². The Balaban J connectivity index is 1.99. The summed E-state index contributed by atoms with van der Waals surface area (Å²) in [6.07, 6.45) is 14.8. The Kier molecular flexibility index (Phi) is 13.7. The van der Waals surface area contributed by atoms with E-state index in [1.54, 1.807) is 0 Å². The predicted octanol–water partition coefficient (Wildman–Crippen LogP) is 6.22. The number of thiocarbonyl (C=S) groups is 1. The van der Waals surface area contributed by atoms with Crippen molar-refractivity contribution >= 4 is 23.2 Å². The van der Waals surface area contributed by atoms with E-state index in [1.807, 2.05) is 30.1 Å². The van der Waals surface area contributed by atoms with Crippen LogP contribution in [0.15, 0.2) is 30.3 Å². The molecule has 0 saturated carbocycles. The molecule has 0 aliphatic carbocycles. The highest BCUT2D eigenvalue weighted by molar-refractivity contribution is 7.80. The van der Waals surface area contributed by atoms with Crippen molar-refractivity contribution in [3.05, 3.63) is 35.9 Å². The van der Waals surface area contributed by atoms with Gasteiger partial charge in [0.2, 0.25) is 5.91 Å². The lowest BCUT2D eigenvalue weighted by Gasteiger charge is -2.20. The van der Waals surface area contributed by atoms with Crippen LogP contribution >= 0.6 is 12.2 Å². The monoisotopic (exact) mass is 390 g/mol. The lowest BCUT2D eigenvalue weighted by Crippen LogP contribution is -2.40. The molecule has 3 nitrogen and oxygen atoms in total. The van der Waals surface area contributed by atoms with E-state index < -0.39 is 0 Å². The Bertz CT molecular complexity index is 518. The highest BCUT2D eigenvalue weighted by Gasteiger charge is 2.09. The van der Waals surface area contributed by atoms with Crippen molar-refractivity contribution in [2.24, 2.45) is 0 Å². The number of hydrogen-bond donors (Lipinski definition) is 1. The summed E-state index contributed by atoms with van der Waals surface area (Å²) in [5.41, 5.74) is 1.18. The fraction of sp³-hybridized carbons (Fsp3) is 0.652. The van der Waals surface area contributed by atoms with Gasteiger partial charge in [-0.1, -0.05) is 101 Å². The number of carbonyl (C=O) groups is 1. The van der Waals surface area contributed by atoms with E-state index in [1.165, 1.54) is 63.4 Å². The third-order valence-corrected chi connectivity index (χ3v) is 5.28. The fourth-order valence-corrected chi connectivity index (χ4v) is 3.33. The summed E-state index contributed by atoms with van der Waals surface area (Å²) in [4.78, 5) is 14.0. The van der Waals surface area contributed by atoms with Crippen LogP contribution in [0.2, 0.25) is 0 Å². The Morgan fingerprint density at radius 1 is 0.889 bits per heavy atom. The highest BCUT2D eigenvalue weighted by atomic mass is 32.1. The SMILES string of the molecule is CCCCCCCCCCCCCC(=O)NC(=S)N(C)Cc1ccccc1. The molecule has 0 aliphatic heterocycles. The third-order valence-electron chi connectivity index (χ3n) is 4.86. The first-order valence-electron chi connectivity index (χ1n) is 10.7. The maximum absolute atomic E-state index is 12.0. The molecule has 27 heavy (non-hydrogen) atoms. The van der Waals surface area contributed by atoms with Gasteiger partial charge in [-0.3, -0.25) is 4.79 Å². The molecule has 1 aromatic rings. The molecule has 0 atom stereocenters. The second kappa shape index (κ2) is 15.6. The molecular weight excluding hydrogens is 352 g/mol. The molecule has 1 aromatic carbocycles. The van der Waals surface area contributed by atoms with E-state index in [4.69, 9.17) is 12.2 Å². The second-order valence-electron chi connectivity index (χ2n) is 7.48. The van der Waals surface area contributed by atoms with Crippen LogP contribution in [0.5, 0.6) is 0 Å². The highest BCUT2D eigenvalue weighted by Crippen LogP contribution is 2.12. The van der Waals surface area contributed by atoms with Crippen molar-refractivity contribution in [2.75, 3.05) is 7.05 Å². The van der Waals surface area contributed by atoms with E-state index in [9.17, 15) is 4.79 Å². The maximum Gasteiger partial charge on any atom is 0.226 e. The number of hydrogen-bond acceptors (Lipinski definition) is 2. The topological polar surface area (TPSA) is 32.3 Å². The van der Waals surface area contributed by atoms with Crippen LogP contribution in [0, 0.1) is 0 Å². The lowest BCUT2D eigenvalue weighted by molar-refractivity contribution is -0.119. The molecule has 4 heteroatoms. The quantitative estimate of drug-likeness (QED) is 0.302. The minimum absolute atomic E-state index is 0.0378. The molecule has 1 N–H and O–H groups in total. The summed E-state index contributed by atoms with van der Waals surface area (Å²) >= 11 is 5.33. The van der Waals surface area contributed by atoms with Crippen molar-refractivity contribution in [1.82, 2.24) is 10.2 Å². The van der Waals surface area contributed by atoms with Gasteiger partial charge in [0, 0.05) is 20.0 Å². The first kappa shape index (κ1) is 23.6. The van der Waals surface area contributed by atoms with Crippen molar-refractivity contribution in [3.8, 4) is 0 Å². The van der Waals surface area contributed by atoms with E-state index >= 15 is 0 Å². The second-order valence-corrected chi connectivity index (χ2v) is 7.87. The van der Waals surface area contributed by atoms with Crippen LogP contribution in [0.3, 0.4) is 0 Å². The van der Waals surface area contributed by atoms with Gasteiger partial charge in [0.1, 0.15) is 0 Å². The van der Waals surface area contributed by atoms with Gasteiger partial charge in [-0.2, -0.15) is 0 Å². The number of carbonyl (C=O) groups excluding carboxylic acids is 1. The minimum atomic E-state index is 0.0378. The number of benzene rings is 1. The fourth-order valence-electron chi connectivity index (χ4n) is 3.16. The zero-order valence-corrected chi connectivity index (χ0v) is 18.2. The standard InChI is InChI=1S/C23H38N2OS/c1-3-4-5-6-7-8-9-10-11-12-16-19-22(26)24-23(27)25(2)20-21-17-14-13-15-18-21/h13-15,17-18H,3-12,16,19-20H2,1-2H3,(H,24,26,27). The molecule has 0 spiro atoms. The molecule has 0 saturated heterocycles. The molecule has 0 unspecified atom stereocenters. The van der Waals surface area contributed by atoms with Gasteiger partial charge in [0.05, 0.1) is 0 Å². The Labute approximate surface area is 171 Å². The summed E-state index contributed by atoms with van der Waals surface area (Å²) in [5.74, 6) is 0.0378. The molecule has 0 bridgehead atoms. The van der Waals surface area contributed by atoms with Gasteiger partial charge >= 0.3 is 0 Å². The summed E-state index contributed by atoms with van der Waals surface area (Å²) in [6.45, 7) is 2.97. The van der Waals surface area contributed by atoms with Crippen molar-refractivity contribution in [2.45, 2.75) is 90.5 Å². The normalized spacial score (nSPS) is 10.6. The average molecular weight is 391 g/mol. The Morgan fingerprint density at radius 3 is 1.96 bits per heavy atom. The molecule has 0 fully saturated rings. The van der Waals surface area contributed by atoms with Crippen LogP contribution in [-0.4, -0.2) is 23.0 Å². The Morgan fingerprint density at radius 2 is 1.41 bits per heavy atom. The number of unbranched alkanes of at least 4 members (excludes halogenated alkanes) is 10. The van der Waals surface area contributed by atoms with Crippen LogP contribution in [-0.2, 0) is 11.3 Å². The number of amides is 1. The van der Waals surface area contributed by atoms with E-state index in [2.05, 4.69) is 24.4 Å². The van der Waals surface area contributed by atoms with Crippen LogP contribution in [0.25, 0.3) is 0 Å². The van der Waals surface area contributed by atoms with Gasteiger partial charge in [-0.15, -0.1) is 0 Å². The Hall–Kier alpha value is -1.42. The predicted molar refractivity (Wildman–Crippen MR) is 120 cm³/mol. The van der Waals surface area contributed by atoms with E-state index in [0.717, 1.165) is 12.8 Å². The molecule has 1 amide bonds. The number of rotatable bonds is 14. The van der Waals surface area contributed by atoms with Crippen LogP contribution < -0.4 is 5.32 Å². The van der Waals surface area contributed by atoms with Gasteiger partial charge in [-0.05, 0) is 24.2 Å². The summed E-state index contributed by atoms with van der Waals surface area (Å²) in [6, 6.07) is 10.1. The summed E-state index contributed by atoms with van der Waals surface area (Å²) < 4.78 is 0.